The number of nitrogens with zero attached hydrogens (tertiary/aromatic N) is 1. The number of alkyl halides is 1. The third kappa shape index (κ3) is 2.60. The van der Waals surface area contributed by atoms with Crippen molar-refractivity contribution in [1.82, 2.24) is 4.90 Å². The molecule has 0 saturated carbocycles. The Morgan fingerprint density at radius 2 is 2.38 bits per heavy atom. The highest BCUT2D eigenvalue weighted by molar-refractivity contribution is 6.18. The summed E-state index contributed by atoms with van der Waals surface area (Å²) < 4.78 is 0. The highest BCUT2D eigenvalue weighted by atomic mass is 35.5. The number of carbonyl (C=O) groups is 1. The van der Waals surface area contributed by atoms with Crippen LogP contribution in [0, 0.1) is 5.92 Å². The molecule has 1 fully saturated rings. The average Bonchev–Trinajstić information content (AvgIpc) is 2.47. The number of hydrogen-bond acceptors (Lipinski definition) is 1. The van der Waals surface area contributed by atoms with Crippen LogP contribution in [0.4, 0.5) is 0 Å². The number of hydrogen-bond donors (Lipinski definition) is 0. The van der Waals surface area contributed by atoms with Crippen molar-refractivity contribution >= 4 is 17.5 Å². The molecule has 76 valence electrons. The molecule has 1 aliphatic rings. The number of amides is 1. The van der Waals surface area contributed by atoms with Gasteiger partial charge < -0.3 is 4.90 Å². The first-order chi connectivity index (χ1) is 6.19. The minimum absolute atomic E-state index is 0.284. The van der Waals surface area contributed by atoms with E-state index in [2.05, 4.69) is 13.8 Å². The molecule has 2 unspecified atom stereocenters. The minimum atomic E-state index is 0.284. The molecule has 0 aromatic carbocycles. The van der Waals surface area contributed by atoms with Crippen molar-refractivity contribution in [1.29, 1.82) is 0 Å². The summed E-state index contributed by atoms with van der Waals surface area (Å²) in [5.41, 5.74) is 0. The zero-order valence-corrected chi connectivity index (χ0v) is 9.18. The minimum Gasteiger partial charge on any atom is -0.340 e. The standard InChI is InChI=1S/C10H18ClNO/c1-3-4-8(2)12-7-9(6-11)5-10(12)13/h8-9H,3-7H2,1-2H3. The Balaban J connectivity index is 2.46. The first kappa shape index (κ1) is 10.8. The summed E-state index contributed by atoms with van der Waals surface area (Å²) in [6.07, 6.45) is 2.88. The predicted molar refractivity (Wildman–Crippen MR) is 54.9 cm³/mol. The van der Waals surface area contributed by atoms with E-state index in [4.69, 9.17) is 11.6 Å². The van der Waals surface area contributed by atoms with Crippen molar-refractivity contribution in [3.05, 3.63) is 0 Å². The maximum atomic E-state index is 11.5. The Labute approximate surface area is 85.2 Å². The maximum absolute atomic E-state index is 11.5. The number of rotatable bonds is 4. The molecular formula is C10H18ClNO. The van der Waals surface area contributed by atoms with Gasteiger partial charge >= 0.3 is 0 Å². The lowest BCUT2D eigenvalue weighted by molar-refractivity contribution is -0.129. The second-order valence-electron chi connectivity index (χ2n) is 3.91. The van der Waals surface area contributed by atoms with Gasteiger partial charge in [0.1, 0.15) is 0 Å². The molecule has 3 heteroatoms. The lowest BCUT2D eigenvalue weighted by atomic mass is 10.1. The zero-order valence-electron chi connectivity index (χ0n) is 8.42. The summed E-state index contributed by atoms with van der Waals surface area (Å²) >= 11 is 5.74. The van der Waals surface area contributed by atoms with Crippen LogP contribution in [0.1, 0.15) is 33.1 Å². The highest BCUT2D eigenvalue weighted by Gasteiger charge is 2.31. The van der Waals surface area contributed by atoms with Crippen LogP contribution >= 0.6 is 11.6 Å². The van der Waals surface area contributed by atoms with Gasteiger partial charge in [0.15, 0.2) is 0 Å². The van der Waals surface area contributed by atoms with Gasteiger partial charge in [-0.1, -0.05) is 13.3 Å². The van der Waals surface area contributed by atoms with Crippen molar-refractivity contribution in [2.24, 2.45) is 5.92 Å². The van der Waals surface area contributed by atoms with E-state index in [1.165, 1.54) is 0 Å². The fourth-order valence-corrected chi connectivity index (χ4v) is 2.12. The molecule has 1 amide bonds. The molecule has 0 aliphatic carbocycles. The van der Waals surface area contributed by atoms with Crippen molar-refractivity contribution in [2.75, 3.05) is 12.4 Å². The summed E-state index contributed by atoms with van der Waals surface area (Å²) in [5.74, 6) is 1.28. The highest BCUT2D eigenvalue weighted by Crippen LogP contribution is 2.22. The molecule has 0 radical (unpaired) electrons. The molecule has 0 N–H and O–H groups in total. The van der Waals surface area contributed by atoms with Gasteiger partial charge in [-0.15, -0.1) is 11.6 Å². The zero-order chi connectivity index (χ0) is 9.84. The molecule has 1 rings (SSSR count). The number of likely N-dealkylation sites (tertiary alicyclic amines) is 1. The van der Waals surface area contributed by atoms with E-state index >= 15 is 0 Å². The molecule has 1 aliphatic heterocycles. The van der Waals surface area contributed by atoms with E-state index in [1.54, 1.807) is 0 Å². The Morgan fingerprint density at radius 3 is 2.85 bits per heavy atom. The Kier molecular flexibility index (Phi) is 4.04. The van der Waals surface area contributed by atoms with Crippen LogP contribution in [-0.2, 0) is 4.79 Å². The Bertz CT molecular complexity index is 184. The lowest BCUT2D eigenvalue weighted by Crippen LogP contribution is -2.34. The van der Waals surface area contributed by atoms with Gasteiger partial charge in [0.05, 0.1) is 0 Å². The average molecular weight is 204 g/mol. The molecule has 1 heterocycles. The first-order valence-electron chi connectivity index (χ1n) is 5.04. The Morgan fingerprint density at radius 1 is 1.69 bits per heavy atom. The second-order valence-corrected chi connectivity index (χ2v) is 4.22. The van der Waals surface area contributed by atoms with Crippen molar-refractivity contribution in [3.63, 3.8) is 0 Å². The van der Waals surface area contributed by atoms with Gasteiger partial charge in [-0.2, -0.15) is 0 Å². The molecule has 1 saturated heterocycles. The van der Waals surface area contributed by atoms with Gasteiger partial charge in [0.25, 0.3) is 0 Å². The summed E-state index contributed by atoms with van der Waals surface area (Å²) in [5, 5.41) is 0. The fraction of sp³-hybridized carbons (Fsp3) is 0.900. The van der Waals surface area contributed by atoms with Gasteiger partial charge in [-0.05, 0) is 19.3 Å². The normalized spacial score (nSPS) is 25.3. The number of carbonyl (C=O) groups excluding carboxylic acids is 1. The van der Waals surface area contributed by atoms with Crippen LogP contribution in [0.3, 0.4) is 0 Å². The molecule has 0 aromatic rings. The van der Waals surface area contributed by atoms with Gasteiger partial charge in [-0.3, -0.25) is 4.79 Å². The first-order valence-corrected chi connectivity index (χ1v) is 5.57. The van der Waals surface area contributed by atoms with E-state index in [-0.39, 0.29) is 5.91 Å². The van der Waals surface area contributed by atoms with Gasteiger partial charge in [0.2, 0.25) is 5.91 Å². The monoisotopic (exact) mass is 203 g/mol. The largest absolute Gasteiger partial charge is 0.340 e. The van der Waals surface area contributed by atoms with Crippen LogP contribution in [0.2, 0.25) is 0 Å². The van der Waals surface area contributed by atoms with Crippen LogP contribution in [-0.4, -0.2) is 29.3 Å². The molecule has 0 aromatic heterocycles. The topological polar surface area (TPSA) is 20.3 Å². The third-order valence-corrected chi connectivity index (χ3v) is 3.13. The second kappa shape index (κ2) is 4.85. The Hall–Kier alpha value is -0.240. The lowest BCUT2D eigenvalue weighted by Gasteiger charge is -2.24. The molecule has 0 bridgehead atoms. The molecular weight excluding hydrogens is 186 g/mol. The van der Waals surface area contributed by atoms with Crippen molar-refractivity contribution in [2.45, 2.75) is 39.2 Å². The quantitative estimate of drug-likeness (QED) is 0.642. The van der Waals surface area contributed by atoms with Crippen molar-refractivity contribution in [3.8, 4) is 0 Å². The molecule has 2 atom stereocenters. The van der Waals surface area contributed by atoms with E-state index in [0.717, 1.165) is 19.4 Å². The van der Waals surface area contributed by atoms with E-state index in [9.17, 15) is 4.79 Å². The smallest absolute Gasteiger partial charge is 0.223 e. The van der Waals surface area contributed by atoms with Gasteiger partial charge in [0, 0.05) is 24.9 Å². The van der Waals surface area contributed by atoms with E-state index < -0.39 is 0 Å². The third-order valence-electron chi connectivity index (χ3n) is 2.70. The summed E-state index contributed by atoms with van der Waals surface area (Å²) in [6, 6.07) is 0.394. The van der Waals surface area contributed by atoms with Crippen LogP contribution in [0.25, 0.3) is 0 Å². The van der Waals surface area contributed by atoms with E-state index in [0.29, 0.717) is 24.3 Å². The molecule has 13 heavy (non-hydrogen) atoms. The maximum Gasteiger partial charge on any atom is 0.223 e. The van der Waals surface area contributed by atoms with Crippen LogP contribution < -0.4 is 0 Å². The summed E-state index contributed by atoms with van der Waals surface area (Å²) in [7, 11) is 0. The summed E-state index contributed by atoms with van der Waals surface area (Å²) in [4.78, 5) is 13.5. The van der Waals surface area contributed by atoms with Crippen molar-refractivity contribution < 1.29 is 4.79 Å². The fourth-order valence-electron chi connectivity index (χ4n) is 1.91. The van der Waals surface area contributed by atoms with E-state index in [1.807, 2.05) is 4.90 Å². The SMILES string of the molecule is CCCC(C)N1CC(CCl)CC1=O. The molecule has 2 nitrogen and oxygen atoms in total. The number of halogens is 1. The van der Waals surface area contributed by atoms with Crippen LogP contribution in [0.15, 0.2) is 0 Å². The molecule has 0 spiro atoms. The van der Waals surface area contributed by atoms with Gasteiger partial charge in [-0.25, -0.2) is 0 Å². The summed E-state index contributed by atoms with van der Waals surface area (Å²) in [6.45, 7) is 5.14. The van der Waals surface area contributed by atoms with Crippen LogP contribution in [0.5, 0.6) is 0 Å². The predicted octanol–water partition coefficient (Wildman–Crippen LogP) is 2.26.